The van der Waals surface area contributed by atoms with Gasteiger partial charge in [0.25, 0.3) is 0 Å². The molecular weight excluding hydrogens is 452 g/mol. The van der Waals surface area contributed by atoms with Gasteiger partial charge in [-0.05, 0) is 74.5 Å². The number of ether oxygens (including phenoxy) is 1. The molecule has 0 atom stereocenters. The van der Waals surface area contributed by atoms with Gasteiger partial charge in [-0.15, -0.1) is 21.5 Å². The first-order valence-electron chi connectivity index (χ1n) is 10.7. The number of rotatable bonds is 8. The summed E-state index contributed by atoms with van der Waals surface area (Å²) in [5.41, 5.74) is 5.09. The Bertz CT molecular complexity index is 1230. The number of benzene rings is 2. The van der Waals surface area contributed by atoms with E-state index >= 15 is 0 Å². The highest BCUT2D eigenvalue weighted by molar-refractivity contribution is 7.99. The van der Waals surface area contributed by atoms with Crippen molar-refractivity contribution in [1.82, 2.24) is 14.8 Å². The molecule has 2 aromatic carbocycles. The average molecular weight is 479 g/mol. The third-order valence-electron chi connectivity index (χ3n) is 5.05. The highest BCUT2D eigenvalue weighted by Gasteiger charge is 2.18. The van der Waals surface area contributed by atoms with Gasteiger partial charge >= 0.3 is 0 Å². The van der Waals surface area contributed by atoms with Gasteiger partial charge in [0.15, 0.2) is 11.0 Å². The number of amides is 1. The molecule has 0 radical (unpaired) electrons. The fourth-order valence-electron chi connectivity index (χ4n) is 3.70. The Labute approximate surface area is 202 Å². The summed E-state index contributed by atoms with van der Waals surface area (Å²) in [6, 6.07) is 16.0. The second-order valence-corrected chi connectivity index (χ2v) is 9.55. The third-order valence-corrected chi connectivity index (χ3v) is 6.85. The second-order valence-electron chi connectivity index (χ2n) is 7.66. The Morgan fingerprint density at radius 2 is 1.82 bits per heavy atom. The molecule has 33 heavy (non-hydrogen) atoms. The maximum atomic E-state index is 12.8. The van der Waals surface area contributed by atoms with Gasteiger partial charge in [0.1, 0.15) is 5.75 Å². The predicted octanol–water partition coefficient (Wildman–Crippen LogP) is 6.05. The Kier molecular flexibility index (Phi) is 7.15. The molecule has 2 heterocycles. The molecule has 0 unspecified atom stereocenters. The number of aromatic nitrogens is 3. The molecule has 0 aliphatic heterocycles. The molecule has 4 aromatic rings. The predicted molar refractivity (Wildman–Crippen MR) is 136 cm³/mol. The fraction of sp³-hybridized carbons (Fsp3) is 0.240. The summed E-state index contributed by atoms with van der Waals surface area (Å²) in [6.07, 6.45) is 0. The van der Waals surface area contributed by atoms with Crippen LogP contribution in [0, 0.1) is 20.8 Å². The maximum absolute atomic E-state index is 12.8. The van der Waals surface area contributed by atoms with Crippen LogP contribution in [0.5, 0.6) is 5.75 Å². The Balaban J connectivity index is 1.57. The van der Waals surface area contributed by atoms with Crippen LogP contribution >= 0.6 is 23.1 Å². The number of thiophene rings is 1. The van der Waals surface area contributed by atoms with Gasteiger partial charge < -0.3 is 10.1 Å². The van der Waals surface area contributed by atoms with Crippen LogP contribution in [-0.2, 0) is 4.79 Å². The standard InChI is InChI=1S/C25H26N4O2S2/c1-5-31-20-10-8-19(9-11-20)29-24(21-7-6-12-32-21)27-28-25(29)33-15-22(30)26-23-17(3)13-16(2)14-18(23)4/h6-14H,5,15H2,1-4H3,(H,26,30). The summed E-state index contributed by atoms with van der Waals surface area (Å²) in [4.78, 5) is 13.8. The normalized spacial score (nSPS) is 10.9. The highest BCUT2D eigenvalue weighted by Crippen LogP contribution is 2.31. The van der Waals surface area contributed by atoms with Gasteiger partial charge in [-0.2, -0.15) is 0 Å². The van der Waals surface area contributed by atoms with E-state index in [9.17, 15) is 4.79 Å². The molecule has 6 nitrogen and oxygen atoms in total. The molecule has 170 valence electrons. The van der Waals surface area contributed by atoms with E-state index < -0.39 is 0 Å². The van der Waals surface area contributed by atoms with Gasteiger partial charge in [0.05, 0.1) is 22.9 Å². The quantitative estimate of drug-likeness (QED) is 0.312. The van der Waals surface area contributed by atoms with E-state index in [1.165, 1.54) is 17.3 Å². The minimum absolute atomic E-state index is 0.0750. The number of carbonyl (C=O) groups is 1. The zero-order valence-corrected chi connectivity index (χ0v) is 20.7. The molecule has 4 rings (SSSR count). The van der Waals surface area contributed by atoms with Crippen LogP contribution in [0.15, 0.2) is 59.1 Å². The first-order chi connectivity index (χ1) is 16.0. The van der Waals surface area contributed by atoms with E-state index in [1.807, 2.05) is 67.1 Å². The smallest absolute Gasteiger partial charge is 0.234 e. The van der Waals surface area contributed by atoms with Gasteiger partial charge in [-0.1, -0.05) is 35.5 Å². The molecule has 1 amide bonds. The van der Waals surface area contributed by atoms with E-state index in [4.69, 9.17) is 4.74 Å². The van der Waals surface area contributed by atoms with E-state index in [2.05, 4.69) is 34.6 Å². The molecule has 1 N–H and O–H groups in total. The summed E-state index contributed by atoms with van der Waals surface area (Å²) >= 11 is 2.97. The first kappa shape index (κ1) is 23.1. The number of aryl methyl sites for hydroxylation is 3. The van der Waals surface area contributed by atoms with Crippen molar-refractivity contribution in [3.05, 3.63) is 70.6 Å². The third kappa shape index (κ3) is 5.29. The van der Waals surface area contributed by atoms with Crippen LogP contribution in [0.2, 0.25) is 0 Å². The van der Waals surface area contributed by atoms with Crippen LogP contribution < -0.4 is 10.1 Å². The van der Waals surface area contributed by atoms with Gasteiger partial charge in [-0.3, -0.25) is 9.36 Å². The molecule has 2 aromatic heterocycles. The van der Waals surface area contributed by atoms with Crippen molar-refractivity contribution >= 4 is 34.7 Å². The number of hydrogen-bond donors (Lipinski definition) is 1. The Morgan fingerprint density at radius 3 is 2.45 bits per heavy atom. The lowest BCUT2D eigenvalue weighted by molar-refractivity contribution is -0.113. The second kappa shape index (κ2) is 10.2. The summed E-state index contributed by atoms with van der Waals surface area (Å²) in [5.74, 6) is 1.72. The van der Waals surface area contributed by atoms with Crippen LogP contribution in [0.1, 0.15) is 23.6 Å². The van der Waals surface area contributed by atoms with E-state index in [0.717, 1.165) is 39.0 Å². The number of nitrogens with one attached hydrogen (secondary N) is 1. The fourth-order valence-corrected chi connectivity index (χ4v) is 5.15. The minimum Gasteiger partial charge on any atom is -0.494 e. The zero-order chi connectivity index (χ0) is 23.4. The number of thioether (sulfide) groups is 1. The van der Waals surface area contributed by atoms with E-state index in [1.54, 1.807) is 11.3 Å². The van der Waals surface area contributed by atoms with Crippen LogP contribution in [0.3, 0.4) is 0 Å². The van der Waals surface area contributed by atoms with Crippen LogP contribution in [0.4, 0.5) is 5.69 Å². The van der Waals surface area contributed by atoms with Crippen molar-refractivity contribution < 1.29 is 9.53 Å². The van der Waals surface area contributed by atoms with Crippen molar-refractivity contribution in [2.24, 2.45) is 0 Å². The van der Waals surface area contributed by atoms with Crippen molar-refractivity contribution in [2.45, 2.75) is 32.9 Å². The SMILES string of the molecule is CCOc1ccc(-n2c(SCC(=O)Nc3c(C)cc(C)cc3C)nnc2-c2cccs2)cc1. The molecule has 0 saturated heterocycles. The van der Waals surface area contributed by atoms with Crippen molar-refractivity contribution in [1.29, 1.82) is 0 Å². The van der Waals surface area contributed by atoms with Crippen LogP contribution in [0.25, 0.3) is 16.4 Å². The molecule has 0 bridgehead atoms. The van der Waals surface area contributed by atoms with E-state index in [0.29, 0.717) is 11.8 Å². The zero-order valence-electron chi connectivity index (χ0n) is 19.1. The maximum Gasteiger partial charge on any atom is 0.234 e. The lowest BCUT2D eigenvalue weighted by Gasteiger charge is -2.13. The lowest BCUT2D eigenvalue weighted by Crippen LogP contribution is -2.16. The molecule has 0 saturated carbocycles. The molecule has 0 aliphatic carbocycles. The number of anilines is 1. The van der Waals surface area contributed by atoms with Crippen molar-refractivity contribution in [3.63, 3.8) is 0 Å². The first-order valence-corrected chi connectivity index (χ1v) is 12.6. The monoisotopic (exact) mass is 478 g/mol. The molecular formula is C25H26N4O2S2. The van der Waals surface area contributed by atoms with Crippen LogP contribution in [-0.4, -0.2) is 33.0 Å². The molecule has 8 heteroatoms. The number of nitrogens with zero attached hydrogens (tertiary/aromatic N) is 3. The summed E-state index contributed by atoms with van der Waals surface area (Å²) in [6.45, 7) is 8.65. The highest BCUT2D eigenvalue weighted by atomic mass is 32.2. The summed E-state index contributed by atoms with van der Waals surface area (Å²) in [5, 5.41) is 14.6. The molecule has 0 aliphatic rings. The Hall–Kier alpha value is -3.10. The van der Waals surface area contributed by atoms with E-state index in [-0.39, 0.29) is 11.7 Å². The Morgan fingerprint density at radius 1 is 1.09 bits per heavy atom. The number of carbonyl (C=O) groups excluding carboxylic acids is 1. The average Bonchev–Trinajstić information content (AvgIpc) is 3.45. The van der Waals surface area contributed by atoms with Gasteiger partial charge in [0.2, 0.25) is 5.91 Å². The number of hydrogen-bond acceptors (Lipinski definition) is 6. The topological polar surface area (TPSA) is 69.0 Å². The van der Waals surface area contributed by atoms with Gasteiger partial charge in [0, 0.05) is 5.69 Å². The minimum atomic E-state index is -0.0750. The largest absolute Gasteiger partial charge is 0.494 e. The van der Waals surface area contributed by atoms with Crippen molar-refractivity contribution in [3.8, 4) is 22.1 Å². The summed E-state index contributed by atoms with van der Waals surface area (Å²) < 4.78 is 7.56. The van der Waals surface area contributed by atoms with Gasteiger partial charge in [-0.25, -0.2) is 0 Å². The lowest BCUT2D eigenvalue weighted by atomic mass is 10.1. The molecule has 0 spiro atoms. The summed E-state index contributed by atoms with van der Waals surface area (Å²) in [7, 11) is 0. The molecule has 0 fully saturated rings. The van der Waals surface area contributed by atoms with Crippen molar-refractivity contribution in [2.75, 3.05) is 17.7 Å².